The summed E-state index contributed by atoms with van der Waals surface area (Å²) in [5, 5.41) is 15.0. The van der Waals surface area contributed by atoms with Gasteiger partial charge in [0.25, 0.3) is 0 Å². The van der Waals surface area contributed by atoms with Crippen LogP contribution in [0.15, 0.2) is 48.5 Å². The monoisotopic (exact) mass is 478 g/mol. The van der Waals surface area contributed by atoms with Gasteiger partial charge in [-0.25, -0.2) is 4.79 Å². The first kappa shape index (κ1) is 24.8. The van der Waals surface area contributed by atoms with Crippen molar-refractivity contribution in [2.24, 2.45) is 11.8 Å². The molecule has 2 aromatic rings. The van der Waals surface area contributed by atoms with E-state index in [1.807, 2.05) is 31.2 Å². The third-order valence-electron chi connectivity index (χ3n) is 7.25. The Morgan fingerprint density at radius 2 is 1.66 bits per heavy atom. The van der Waals surface area contributed by atoms with Crippen LogP contribution in [0.5, 0.6) is 0 Å². The van der Waals surface area contributed by atoms with Crippen molar-refractivity contribution < 1.29 is 24.2 Å². The van der Waals surface area contributed by atoms with Gasteiger partial charge in [0.15, 0.2) is 0 Å². The molecule has 1 saturated carbocycles. The van der Waals surface area contributed by atoms with Crippen molar-refractivity contribution >= 4 is 18.0 Å². The second-order valence-corrected chi connectivity index (χ2v) is 9.94. The van der Waals surface area contributed by atoms with Gasteiger partial charge >= 0.3 is 12.1 Å². The zero-order chi connectivity index (χ0) is 25.0. The maximum atomic E-state index is 13.0. The summed E-state index contributed by atoms with van der Waals surface area (Å²) in [7, 11) is 0. The fraction of sp³-hybridized carbons (Fsp3) is 0.464. The van der Waals surface area contributed by atoms with E-state index in [-0.39, 0.29) is 37.3 Å². The van der Waals surface area contributed by atoms with Crippen molar-refractivity contribution in [3.63, 3.8) is 0 Å². The minimum Gasteiger partial charge on any atom is -0.481 e. The molecule has 0 saturated heterocycles. The maximum Gasteiger partial charge on any atom is 0.407 e. The summed E-state index contributed by atoms with van der Waals surface area (Å²) in [5.41, 5.74) is 3.84. The number of alkyl carbamates (subject to hydrolysis) is 1. The highest BCUT2D eigenvalue weighted by atomic mass is 16.5. The summed E-state index contributed by atoms with van der Waals surface area (Å²) < 4.78 is 5.59. The first-order chi connectivity index (χ1) is 16.8. The number of amides is 2. The standard InChI is InChI=1S/C28H34N2O5/c1-3-8-18(26(33)30-28(2,15-25(31)32)19-13-14-19)16-29-27(34)35-17-24-22-11-6-4-9-20(22)21-10-5-7-12-23(21)24/h4-7,9-12,18-19,24H,3,8,13-17H2,1-2H3,(H,29,34)(H,30,33)(H,31,32). The number of rotatable bonds is 11. The molecule has 0 aliphatic heterocycles. The Morgan fingerprint density at radius 1 is 1.06 bits per heavy atom. The Kier molecular flexibility index (Phi) is 7.43. The number of carbonyl (C=O) groups is 3. The van der Waals surface area contributed by atoms with Crippen LogP contribution in [0.2, 0.25) is 0 Å². The first-order valence-corrected chi connectivity index (χ1v) is 12.4. The zero-order valence-electron chi connectivity index (χ0n) is 20.4. The van der Waals surface area contributed by atoms with Gasteiger partial charge in [-0.2, -0.15) is 0 Å². The Balaban J connectivity index is 1.34. The van der Waals surface area contributed by atoms with E-state index in [0.29, 0.717) is 6.42 Å². The lowest BCUT2D eigenvalue weighted by atomic mass is 9.90. The number of benzene rings is 2. The normalized spacial score (nSPS) is 17.0. The van der Waals surface area contributed by atoms with Crippen molar-refractivity contribution in [3.8, 4) is 11.1 Å². The van der Waals surface area contributed by atoms with Gasteiger partial charge in [0.2, 0.25) is 5.91 Å². The van der Waals surface area contributed by atoms with E-state index in [4.69, 9.17) is 4.74 Å². The molecule has 2 aromatic carbocycles. The first-order valence-electron chi connectivity index (χ1n) is 12.4. The lowest BCUT2D eigenvalue weighted by molar-refractivity contribution is -0.139. The van der Waals surface area contributed by atoms with E-state index in [1.165, 1.54) is 0 Å². The summed E-state index contributed by atoms with van der Waals surface area (Å²) in [6.07, 6.45) is 2.52. The van der Waals surface area contributed by atoms with Crippen molar-refractivity contribution in [1.82, 2.24) is 10.6 Å². The number of hydrogen-bond acceptors (Lipinski definition) is 4. The van der Waals surface area contributed by atoms with Crippen LogP contribution >= 0.6 is 0 Å². The molecule has 2 atom stereocenters. The number of nitrogens with one attached hydrogen (secondary N) is 2. The maximum absolute atomic E-state index is 13.0. The smallest absolute Gasteiger partial charge is 0.407 e. The third kappa shape index (κ3) is 5.66. The molecule has 7 nitrogen and oxygen atoms in total. The second-order valence-electron chi connectivity index (χ2n) is 9.94. The van der Waals surface area contributed by atoms with Crippen molar-refractivity contribution in [1.29, 1.82) is 0 Å². The van der Waals surface area contributed by atoms with Gasteiger partial charge < -0.3 is 20.5 Å². The lowest BCUT2D eigenvalue weighted by Crippen LogP contribution is -2.52. The number of fused-ring (bicyclic) bond motifs is 3. The van der Waals surface area contributed by atoms with Gasteiger partial charge in [-0.05, 0) is 54.4 Å². The molecule has 1 fully saturated rings. The van der Waals surface area contributed by atoms with Crippen LogP contribution in [0.3, 0.4) is 0 Å². The average Bonchev–Trinajstić information content (AvgIpc) is 3.64. The van der Waals surface area contributed by atoms with E-state index in [2.05, 4.69) is 34.9 Å². The van der Waals surface area contributed by atoms with Gasteiger partial charge in [0, 0.05) is 12.5 Å². The molecule has 7 heteroatoms. The number of carboxylic acids is 1. The van der Waals surface area contributed by atoms with Gasteiger partial charge in [-0.1, -0.05) is 61.9 Å². The molecule has 0 spiro atoms. The second kappa shape index (κ2) is 10.5. The molecule has 35 heavy (non-hydrogen) atoms. The molecule has 186 valence electrons. The molecule has 2 aliphatic carbocycles. The van der Waals surface area contributed by atoms with Crippen LogP contribution in [0.1, 0.15) is 63.0 Å². The number of carbonyl (C=O) groups excluding carboxylic acids is 2. The molecule has 0 aromatic heterocycles. The molecule has 2 aliphatic rings. The quantitative estimate of drug-likeness (QED) is 0.434. The highest BCUT2D eigenvalue weighted by molar-refractivity contribution is 5.82. The topological polar surface area (TPSA) is 105 Å². The van der Waals surface area contributed by atoms with Crippen LogP contribution in [0.25, 0.3) is 11.1 Å². The Hall–Kier alpha value is -3.35. The van der Waals surface area contributed by atoms with Crippen LogP contribution < -0.4 is 10.6 Å². The predicted octanol–water partition coefficient (Wildman–Crippen LogP) is 4.70. The molecule has 2 amide bonds. The minimum absolute atomic E-state index is 0.0295. The summed E-state index contributed by atoms with van der Waals surface area (Å²) in [6, 6.07) is 16.3. The molecule has 0 heterocycles. The van der Waals surface area contributed by atoms with E-state index in [9.17, 15) is 19.5 Å². The van der Waals surface area contributed by atoms with E-state index in [0.717, 1.165) is 41.5 Å². The molecule has 0 radical (unpaired) electrons. The zero-order valence-corrected chi connectivity index (χ0v) is 20.4. The lowest BCUT2D eigenvalue weighted by Gasteiger charge is -2.31. The van der Waals surface area contributed by atoms with Crippen LogP contribution in [0.4, 0.5) is 4.79 Å². The summed E-state index contributed by atoms with van der Waals surface area (Å²) in [5.74, 6) is -1.45. The predicted molar refractivity (Wildman–Crippen MR) is 133 cm³/mol. The van der Waals surface area contributed by atoms with Gasteiger partial charge in [0.05, 0.1) is 17.9 Å². The fourth-order valence-electron chi connectivity index (χ4n) is 5.24. The van der Waals surface area contributed by atoms with Crippen molar-refractivity contribution in [3.05, 3.63) is 59.7 Å². The fourth-order valence-corrected chi connectivity index (χ4v) is 5.24. The molecule has 4 rings (SSSR count). The largest absolute Gasteiger partial charge is 0.481 e. The van der Waals surface area contributed by atoms with E-state index in [1.54, 1.807) is 6.92 Å². The minimum atomic E-state index is -0.927. The number of aliphatic carboxylic acids is 1. The summed E-state index contributed by atoms with van der Waals surface area (Å²) in [4.78, 5) is 36.9. The summed E-state index contributed by atoms with van der Waals surface area (Å²) in [6.45, 7) is 4.14. The van der Waals surface area contributed by atoms with Gasteiger partial charge in [-0.3, -0.25) is 9.59 Å². The van der Waals surface area contributed by atoms with E-state index < -0.39 is 23.5 Å². The van der Waals surface area contributed by atoms with Gasteiger partial charge in [0.1, 0.15) is 6.61 Å². The van der Waals surface area contributed by atoms with Crippen LogP contribution in [0, 0.1) is 11.8 Å². The van der Waals surface area contributed by atoms with Crippen molar-refractivity contribution in [2.75, 3.05) is 13.2 Å². The highest BCUT2D eigenvalue weighted by Crippen LogP contribution is 2.44. The Labute approximate surface area is 206 Å². The number of hydrogen-bond donors (Lipinski definition) is 3. The van der Waals surface area contributed by atoms with E-state index >= 15 is 0 Å². The Bertz CT molecular complexity index is 1050. The molecular weight excluding hydrogens is 444 g/mol. The number of ether oxygens (including phenoxy) is 1. The average molecular weight is 479 g/mol. The SMILES string of the molecule is CCCC(CNC(=O)OCC1c2ccccc2-c2ccccc21)C(=O)NC(C)(CC(=O)O)C1CC1. The Morgan fingerprint density at radius 3 is 2.20 bits per heavy atom. The molecule has 2 unspecified atom stereocenters. The number of carboxylic acid groups (broad SMARTS) is 1. The third-order valence-corrected chi connectivity index (χ3v) is 7.25. The highest BCUT2D eigenvalue weighted by Gasteiger charge is 2.44. The van der Waals surface area contributed by atoms with Crippen LogP contribution in [-0.4, -0.2) is 41.8 Å². The molecule has 0 bridgehead atoms. The summed E-state index contributed by atoms with van der Waals surface area (Å²) >= 11 is 0. The van der Waals surface area contributed by atoms with Crippen LogP contribution in [-0.2, 0) is 14.3 Å². The van der Waals surface area contributed by atoms with Gasteiger partial charge in [-0.15, -0.1) is 0 Å². The molecular formula is C28H34N2O5. The van der Waals surface area contributed by atoms with Crippen molar-refractivity contribution in [2.45, 2.75) is 57.4 Å². The molecule has 3 N–H and O–H groups in total.